The van der Waals surface area contributed by atoms with Gasteiger partial charge >= 0.3 is 0 Å². The summed E-state index contributed by atoms with van der Waals surface area (Å²) in [5, 5.41) is 15.0. The molecule has 1 aliphatic rings. The summed E-state index contributed by atoms with van der Waals surface area (Å²) in [4.78, 5) is 17.1. The van der Waals surface area contributed by atoms with E-state index in [0.717, 1.165) is 11.1 Å². The van der Waals surface area contributed by atoms with Crippen LogP contribution in [0.3, 0.4) is 0 Å². The van der Waals surface area contributed by atoms with Gasteiger partial charge < -0.3 is 9.84 Å². The number of aromatic nitrogens is 1. The summed E-state index contributed by atoms with van der Waals surface area (Å²) in [5.41, 5.74) is 2.63. The third-order valence-electron chi connectivity index (χ3n) is 4.89. The van der Waals surface area contributed by atoms with Crippen molar-refractivity contribution in [3.05, 3.63) is 59.0 Å². The Labute approximate surface area is 184 Å². The SMILES string of the molecule is Cc1ccc(-c2csc(NC(=O)c3cc(S(=O)(=O)N4CCOCC4)ccc3O)n2)cc1. The van der Waals surface area contributed by atoms with Gasteiger partial charge in [-0.3, -0.25) is 10.1 Å². The van der Waals surface area contributed by atoms with E-state index in [1.165, 1.54) is 33.8 Å². The lowest BCUT2D eigenvalue weighted by atomic mass is 10.1. The van der Waals surface area contributed by atoms with Gasteiger partial charge in [0.05, 0.1) is 29.4 Å². The van der Waals surface area contributed by atoms with Crippen LogP contribution in [0.2, 0.25) is 0 Å². The molecule has 1 aliphatic heterocycles. The van der Waals surface area contributed by atoms with Crippen molar-refractivity contribution in [2.75, 3.05) is 31.6 Å². The number of benzene rings is 2. The summed E-state index contributed by atoms with van der Waals surface area (Å²) in [6, 6.07) is 11.5. The highest BCUT2D eigenvalue weighted by Crippen LogP contribution is 2.28. The van der Waals surface area contributed by atoms with Crippen molar-refractivity contribution in [2.45, 2.75) is 11.8 Å². The normalized spacial score (nSPS) is 15.0. The first-order chi connectivity index (χ1) is 14.8. The summed E-state index contributed by atoms with van der Waals surface area (Å²) >= 11 is 1.24. The average molecular weight is 460 g/mol. The van der Waals surface area contributed by atoms with E-state index >= 15 is 0 Å². The molecule has 8 nitrogen and oxygen atoms in total. The molecule has 0 atom stereocenters. The number of hydrogen-bond acceptors (Lipinski definition) is 7. The van der Waals surface area contributed by atoms with E-state index in [2.05, 4.69) is 10.3 Å². The number of hydrogen-bond donors (Lipinski definition) is 2. The van der Waals surface area contributed by atoms with E-state index in [9.17, 15) is 18.3 Å². The van der Waals surface area contributed by atoms with Crippen molar-refractivity contribution in [3.8, 4) is 17.0 Å². The van der Waals surface area contributed by atoms with Crippen molar-refractivity contribution >= 4 is 32.4 Å². The highest BCUT2D eigenvalue weighted by molar-refractivity contribution is 7.89. The van der Waals surface area contributed by atoms with Crippen molar-refractivity contribution in [1.29, 1.82) is 0 Å². The summed E-state index contributed by atoms with van der Waals surface area (Å²) in [6.07, 6.45) is 0. The highest BCUT2D eigenvalue weighted by Gasteiger charge is 2.28. The molecule has 3 aromatic rings. The third-order valence-corrected chi connectivity index (χ3v) is 7.54. The van der Waals surface area contributed by atoms with Crippen LogP contribution in [0.15, 0.2) is 52.7 Å². The quantitative estimate of drug-likeness (QED) is 0.607. The lowest BCUT2D eigenvalue weighted by Crippen LogP contribution is -2.40. The maximum absolute atomic E-state index is 12.9. The van der Waals surface area contributed by atoms with Crippen LogP contribution in [0.25, 0.3) is 11.3 Å². The van der Waals surface area contributed by atoms with Gasteiger partial charge in [-0.1, -0.05) is 29.8 Å². The zero-order valence-corrected chi connectivity index (χ0v) is 18.4. The molecule has 1 amide bonds. The third kappa shape index (κ3) is 4.62. The van der Waals surface area contributed by atoms with Gasteiger partial charge in [0.1, 0.15) is 5.75 Å². The first-order valence-electron chi connectivity index (χ1n) is 9.59. The molecule has 2 aromatic carbocycles. The largest absolute Gasteiger partial charge is 0.507 e. The van der Waals surface area contributed by atoms with E-state index in [1.54, 1.807) is 0 Å². The molecule has 162 valence electrons. The fraction of sp³-hybridized carbons (Fsp3) is 0.238. The molecule has 0 unspecified atom stereocenters. The first kappa shape index (κ1) is 21.4. The van der Waals surface area contributed by atoms with Crippen LogP contribution in [-0.2, 0) is 14.8 Å². The Morgan fingerprint density at radius 2 is 1.87 bits per heavy atom. The van der Waals surface area contributed by atoms with E-state index < -0.39 is 15.9 Å². The fourth-order valence-corrected chi connectivity index (χ4v) is 5.30. The molecule has 0 spiro atoms. The second kappa shape index (κ2) is 8.75. The molecule has 0 radical (unpaired) electrons. The second-order valence-corrected chi connectivity index (χ2v) is 9.85. The number of aromatic hydroxyl groups is 1. The number of morpholine rings is 1. The number of aryl methyl sites for hydroxylation is 1. The maximum Gasteiger partial charge on any atom is 0.261 e. The fourth-order valence-electron chi connectivity index (χ4n) is 3.15. The Bertz CT molecular complexity index is 1200. The minimum absolute atomic E-state index is 0.0585. The van der Waals surface area contributed by atoms with Crippen LogP contribution in [0.4, 0.5) is 5.13 Å². The molecule has 1 saturated heterocycles. The molecular formula is C21H21N3O5S2. The van der Waals surface area contributed by atoms with Crippen LogP contribution in [0.1, 0.15) is 15.9 Å². The van der Waals surface area contributed by atoms with Crippen molar-refractivity contribution in [3.63, 3.8) is 0 Å². The number of thiazole rings is 1. The number of phenols is 1. The van der Waals surface area contributed by atoms with Crippen molar-refractivity contribution in [1.82, 2.24) is 9.29 Å². The molecule has 10 heteroatoms. The van der Waals surface area contributed by atoms with Gasteiger partial charge in [0, 0.05) is 24.0 Å². The van der Waals surface area contributed by atoms with Crippen LogP contribution in [-0.4, -0.2) is 55.0 Å². The van der Waals surface area contributed by atoms with Crippen LogP contribution >= 0.6 is 11.3 Å². The van der Waals surface area contributed by atoms with Gasteiger partial charge in [-0.15, -0.1) is 11.3 Å². The van der Waals surface area contributed by atoms with E-state index in [1.807, 2.05) is 36.6 Å². The number of nitrogens with one attached hydrogen (secondary N) is 1. The van der Waals surface area contributed by atoms with E-state index in [-0.39, 0.29) is 29.3 Å². The van der Waals surface area contributed by atoms with Gasteiger partial charge in [-0.2, -0.15) is 4.31 Å². The van der Waals surface area contributed by atoms with Gasteiger partial charge in [0.2, 0.25) is 10.0 Å². The highest BCUT2D eigenvalue weighted by atomic mass is 32.2. The van der Waals surface area contributed by atoms with Crippen molar-refractivity contribution < 1.29 is 23.1 Å². The molecule has 4 rings (SSSR count). The molecule has 2 heterocycles. The minimum atomic E-state index is -3.79. The number of carbonyl (C=O) groups excluding carboxylic acids is 1. The van der Waals surface area contributed by atoms with Gasteiger partial charge in [0.25, 0.3) is 5.91 Å². The van der Waals surface area contributed by atoms with Crippen LogP contribution < -0.4 is 5.32 Å². The molecule has 1 fully saturated rings. The molecule has 0 aliphatic carbocycles. The number of phenolic OH excluding ortho intramolecular Hbond substituents is 1. The summed E-state index contributed by atoms with van der Waals surface area (Å²) in [6.45, 7) is 3.11. The molecule has 31 heavy (non-hydrogen) atoms. The lowest BCUT2D eigenvalue weighted by Gasteiger charge is -2.26. The Hall–Kier alpha value is -2.79. The number of anilines is 1. The minimum Gasteiger partial charge on any atom is -0.507 e. The van der Waals surface area contributed by atoms with Crippen LogP contribution in [0, 0.1) is 6.92 Å². The Morgan fingerprint density at radius 3 is 2.58 bits per heavy atom. The first-order valence-corrected chi connectivity index (χ1v) is 11.9. The second-order valence-electron chi connectivity index (χ2n) is 7.05. The lowest BCUT2D eigenvalue weighted by molar-refractivity contribution is 0.0730. The molecule has 1 aromatic heterocycles. The summed E-state index contributed by atoms with van der Waals surface area (Å²) in [5.74, 6) is -0.949. The zero-order chi connectivity index (χ0) is 22.0. The summed E-state index contributed by atoms with van der Waals surface area (Å²) in [7, 11) is -3.79. The van der Waals surface area contributed by atoms with Crippen LogP contribution in [0.5, 0.6) is 5.75 Å². The number of sulfonamides is 1. The maximum atomic E-state index is 12.9. The zero-order valence-electron chi connectivity index (χ0n) is 16.7. The molecule has 0 saturated carbocycles. The molecular weight excluding hydrogens is 438 g/mol. The van der Waals surface area contributed by atoms with E-state index in [4.69, 9.17) is 4.74 Å². The Kier molecular flexibility index (Phi) is 6.05. The average Bonchev–Trinajstić information content (AvgIpc) is 3.23. The monoisotopic (exact) mass is 459 g/mol. The van der Waals surface area contributed by atoms with Gasteiger partial charge in [0.15, 0.2) is 5.13 Å². The Balaban J connectivity index is 1.55. The van der Waals surface area contributed by atoms with E-state index in [0.29, 0.717) is 24.0 Å². The number of rotatable bonds is 5. The standard InChI is InChI=1S/C21H21N3O5S2/c1-14-2-4-15(5-3-14)18-13-30-21(22-18)23-20(26)17-12-16(6-7-19(17)25)31(27,28)24-8-10-29-11-9-24/h2-7,12-13,25H,8-11H2,1H3,(H,22,23,26). The molecule has 2 N–H and O–H groups in total. The number of amides is 1. The Morgan fingerprint density at radius 1 is 1.16 bits per heavy atom. The van der Waals surface area contributed by atoms with Gasteiger partial charge in [-0.25, -0.2) is 13.4 Å². The smallest absolute Gasteiger partial charge is 0.261 e. The van der Waals surface area contributed by atoms with Gasteiger partial charge in [-0.05, 0) is 25.1 Å². The predicted molar refractivity (Wildman–Crippen MR) is 118 cm³/mol. The predicted octanol–water partition coefficient (Wildman–Crippen LogP) is 3.10. The van der Waals surface area contributed by atoms with Crippen molar-refractivity contribution in [2.24, 2.45) is 0 Å². The number of ether oxygens (including phenoxy) is 1. The molecule has 0 bridgehead atoms. The number of carbonyl (C=O) groups is 1. The summed E-state index contributed by atoms with van der Waals surface area (Å²) < 4.78 is 32.2. The number of nitrogens with zero attached hydrogens (tertiary/aromatic N) is 2. The topological polar surface area (TPSA) is 109 Å².